The molecule has 210 valence electrons. The van der Waals surface area contributed by atoms with Crippen molar-refractivity contribution in [2.45, 2.75) is 145 Å². The fourth-order valence-corrected chi connectivity index (χ4v) is 5.48. The molecule has 0 radical (unpaired) electrons. The molecule has 0 aromatic heterocycles. The fraction of sp³-hybridized carbons (Fsp3) is 0.818. The average Bonchev–Trinajstić information content (AvgIpc) is 2.82. The van der Waals surface area contributed by atoms with Crippen LogP contribution in [0.25, 0.3) is 0 Å². The molecule has 1 heterocycles. The maximum absolute atomic E-state index is 10.4. The first-order valence-electron chi connectivity index (χ1n) is 15.0. The Kier molecular flexibility index (Phi) is 15.1. The largest absolute Gasteiger partial charge is 0.507 e. The van der Waals surface area contributed by atoms with Gasteiger partial charge in [0.15, 0.2) is 0 Å². The number of aromatic hydroxyl groups is 1. The van der Waals surface area contributed by atoms with Crippen LogP contribution in [0.15, 0.2) is 0 Å². The van der Waals surface area contributed by atoms with Gasteiger partial charge in [0.1, 0.15) is 17.1 Å². The van der Waals surface area contributed by atoms with Crippen LogP contribution >= 0.6 is 0 Å². The third-order valence-electron chi connectivity index (χ3n) is 8.28. The van der Waals surface area contributed by atoms with Gasteiger partial charge >= 0.3 is 0 Å². The van der Waals surface area contributed by atoms with Crippen LogP contribution in [-0.4, -0.2) is 23.9 Å². The van der Waals surface area contributed by atoms with Gasteiger partial charge in [0, 0.05) is 18.8 Å². The van der Waals surface area contributed by atoms with Crippen LogP contribution < -0.4 is 4.74 Å². The number of rotatable bonds is 14. The Morgan fingerprint density at radius 2 is 1.33 bits per heavy atom. The Balaban J connectivity index is 0.00000118. The van der Waals surface area contributed by atoms with Gasteiger partial charge in [0.05, 0.1) is 0 Å². The molecule has 2 unspecified atom stereocenters. The molecule has 0 fully saturated rings. The molecule has 36 heavy (non-hydrogen) atoms. The van der Waals surface area contributed by atoms with Gasteiger partial charge in [-0.1, -0.05) is 72.6 Å². The summed E-state index contributed by atoms with van der Waals surface area (Å²) in [7, 11) is 0. The summed E-state index contributed by atoms with van der Waals surface area (Å²) in [4.78, 5) is 0. The molecule has 2 rings (SSSR count). The van der Waals surface area contributed by atoms with Crippen LogP contribution in [0.5, 0.6) is 11.5 Å². The molecule has 0 saturated heterocycles. The average molecular weight is 505 g/mol. The van der Waals surface area contributed by atoms with E-state index in [9.17, 15) is 5.11 Å². The second-order valence-corrected chi connectivity index (χ2v) is 12.2. The van der Waals surface area contributed by atoms with Gasteiger partial charge in [-0.25, -0.2) is 0 Å². The topological polar surface area (TPSA) is 38.7 Å². The maximum Gasteiger partial charge on any atom is 0.127 e. The quantitative estimate of drug-likeness (QED) is 0.274. The minimum Gasteiger partial charge on any atom is -0.507 e. The summed E-state index contributed by atoms with van der Waals surface area (Å²) in [5, 5.41) is 10.4. The summed E-state index contributed by atoms with van der Waals surface area (Å²) in [6.45, 7) is 23.6. The lowest BCUT2D eigenvalue weighted by Crippen LogP contribution is -2.37. The van der Waals surface area contributed by atoms with Crippen LogP contribution in [0.4, 0.5) is 0 Å². The molecule has 1 N–H and O–H groups in total. The molecule has 0 spiro atoms. The van der Waals surface area contributed by atoms with Gasteiger partial charge < -0.3 is 14.6 Å². The zero-order valence-corrected chi connectivity index (χ0v) is 25.7. The molecule has 0 amide bonds. The van der Waals surface area contributed by atoms with E-state index in [1.54, 1.807) is 0 Å². The third-order valence-corrected chi connectivity index (χ3v) is 8.28. The molecule has 3 nitrogen and oxygen atoms in total. The van der Waals surface area contributed by atoms with E-state index in [0.717, 1.165) is 72.7 Å². The normalized spacial score (nSPS) is 18.8. The molecule has 0 saturated carbocycles. The molecule has 3 atom stereocenters. The highest BCUT2D eigenvalue weighted by molar-refractivity contribution is 5.58. The summed E-state index contributed by atoms with van der Waals surface area (Å²) in [5.41, 5.74) is 4.23. The standard InChI is InChI=1S/C29H50O2.C4H10O/c1-20(2)12-9-13-21(3)14-10-15-22(4)16-11-18-29(8)19-17-26-25(7)27(30)23(5)24(6)28(26)31-29;1-3-5-4-2/h20-22,30H,9-19H2,1-8H3;3-4H2,1-2H3/t21?,22?,29-;/m1./s1. The first-order valence-corrected chi connectivity index (χ1v) is 15.0. The molecular formula is C33H60O3. The van der Waals surface area contributed by atoms with Crippen LogP contribution in [-0.2, 0) is 11.2 Å². The Morgan fingerprint density at radius 1 is 0.806 bits per heavy atom. The number of phenols is 1. The first-order chi connectivity index (χ1) is 17.0. The van der Waals surface area contributed by atoms with Crippen LogP contribution in [0.2, 0.25) is 0 Å². The van der Waals surface area contributed by atoms with Crippen molar-refractivity contribution in [3.63, 3.8) is 0 Å². The zero-order valence-electron chi connectivity index (χ0n) is 25.7. The van der Waals surface area contributed by atoms with E-state index in [0.29, 0.717) is 5.75 Å². The predicted molar refractivity (Wildman–Crippen MR) is 157 cm³/mol. The fourth-order valence-electron chi connectivity index (χ4n) is 5.48. The zero-order chi connectivity index (χ0) is 27.3. The van der Waals surface area contributed by atoms with Crippen LogP contribution in [0, 0.1) is 38.5 Å². The van der Waals surface area contributed by atoms with Gasteiger partial charge in [-0.15, -0.1) is 0 Å². The number of phenolic OH excluding ortho intramolecular Hbond substituents is 1. The van der Waals surface area contributed by atoms with Crippen molar-refractivity contribution in [2.24, 2.45) is 17.8 Å². The van der Waals surface area contributed by atoms with E-state index < -0.39 is 0 Å². The van der Waals surface area contributed by atoms with Crippen molar-refractivity contribution in [1.29, 1.82) is 0 Å². The van der Waals surface area contributed by atoms with Crippen molar-refractivity contribution >= 4 is 0 Å². The van der Waals surface area contributed by atoms with Crippen molar-refractivity contribution in [3.05, 3.63) is 22.3 Å². The van der Waals surface area contributed by atoms with E-state index in [4.69, 9.17) is 9.47 Å². The molecule has 1 aliphatic rings. The lowest BCUT2D eigenvalue weighted by molar-refractivity contribution is 0.0512. The molecule has 1 aromatic carbocycles. The third kappa shape index (κ3) is 11.0. The summed E-state index contributed by atoms with van der Waals surface area (Å²) >= 11 is 0. The summed E-state index contributed by atoms with van der Waals surface area (Å²) in [6.07, 6.45) is 14.1. The second kappa shape index (κ2) is 16.6. The number of fused-ring (bicyclic) bond motifs is 1. The molecule has 0 bridgehead atoms. The minimum atomic E-state index is -0.0712. The van der Waals surface area contributed by atoms with Gasteiger partial charge in [0.2, 0.25) is 0 Å². The summed E-state index contributed by atoms with van der Waals surface area (Å²) < 4.78 is 11.4. The number of hydrogen-bond donors (Lipinski definition) is 1. The second-order valence-electron chi connectivity index (χ2n) is 12.2. The van der Waals surface area contributed by atoms with Crippen molar-refractivity contribution in [3.8, 4) is 11.5 Å². The lowest BCUT2D eigenvalue weighted by atomic mass is 9.84. The Hall–Kier alpha value is -1.22. The van der Waals surface area contributed by atoms with Crippen molar-refractivity contribution in [2.75, 3.05) is 13.2 Å². The first kappa shape index (κ1) is 32.8. The Bertz CT molecular complexity index is 752. The number of benzene rings is 1. The van der Waals surface area contributed by atoms with Crippen LogP contribution in [0.1, 0.15) is 135 Å². The highest BCUT2D eigenvalue weighted by Gasteiger charge is 2.34. The van der Waals surface area contributed by atoms with Crippen molar-refractivity contribution < 1.29 is 14.6 Å². The van der Waals surface area contributed by atoms with Gasteiger partial charge in [-0.05, 0) is 102 Å². The highest BCUT2D eigenvalue weighted by Crippen LogP contribution is 2.44. The molecule has 1 aliphatic heterocycles. The predicted octanol–water partition coefficient (Wildman–Crippen LogP) is 9.88. The van der Waals surface area contributed by atoms with E-state index in [1.807, 2.05) is 27.7 Å². The van der Waals surface area contributed by atoms with E-state index >= 15 is 0 Å². The molecular weight excluding hydrogens is 444 g/mol. The molecule has 0 aliphatic carbocycles. The lowest BCUT2D eigenvalue weighted by Gasteiger charge is -2.38. The van der Waals surface area contributed by atoms with Crippen molar-refractivity contribution in [1.82, 2.24) is 0 Å². The van der Waals surface area contributed by atoms with Gasteiger partial charge in [-0.3, -0.25) is 0 Å². The number of ether oxygens (including phenoxy) is 2. The summed E-state index contributed by atoms with van der Waals surface area (Å²) in [6, 6.07) is 0. The summed E-state index contributed by atoms with van der Waals surface area (Å²) in [5.74, 6) is 4.04. The SMILES string of the molecule is CCOCC.Cc1c(C)c2c(c(C)c1O)CC[C@@](C)(CCCC(C)CCCC(C)CCCC(C)C)O2. The maximum atomic E-state index is 10.4. The van der Waals surface area contributed by atoms with E-state index in [2.05, 4.69) is 41.5 Å². The smallest absolute Gasteiger partial charge is 0.127 e. The van der Waals surface area contributed by atoms with Gasteiger partial charge in [0.25, 0.3) is 0 Å². The Labute approximate surface area is 224 Å². The monoisotopic (exact) mass is 504 g/mol. The minimum absolute atomic E-state index is 0.0712. The number of hydrogen-bond acceptors (Lipinski definition) is 3. The van der Waals surface area contributed by atoms with E-state index in [1.165, 1.54) is 56.9 Å². The molecule has 3 heteroatoms. The van der Waals surface area contributed by atoms with Crippen LogP contribution in [0.3, 0.4) is 0 Å². The Morgan fingerprint density at radius 3 is 1.83 bits per heavy atom. The van der Waals surface area contributed by atoms with Gasteiger partial charge in [-0.2, -0.15) is 0 Å². The molecule has 1 aromatic rings. The van der Waals surface area contributed by atoms with E-state index in [-0.39, 0.29) is 5.60 Å². The highest BCUT2D eigenvalue weighted by atomic mass is 16.5.